The van der Waals surface area contributed by atoms with Gasteiger partial charge in [-0.1, -0.05) is 6.07 Å². The van der Waals surface area contributed by atoms with Gasteiger partial charge in [0, 0.05) is 13.1 Å². The Balaban J connectivity index is 1.86. The highest BCUT2D eigenvalue weighted by Crippen LogP contribution is 2.39. The molecule has 0 amide bonds. The van der Waals surface area contributed by atoms with Gasteiger partial charge in [-0.05, 0) is 12.1 Å². The van der Waals surface area contributed by atoms with Gasteiger partial charge in [0.1, 0.15) is 19.0 Å². The molecule has 0 atom stereocenters. The van der Waals surface area contributed by atoms with Crippen LogP contribution in [0.5, 0.6) is 11.5 Å². The van der Waals surface area contributed by atoms with Crippen LogP contribution >= 0.6 is 0 Å². The van der Waals surface area contributed by atoms with Gasteiger partial charge in [0.25, 0.3) is 0 Å². The molecule has 0 saturated carbocycles. The number of aromatic nitrogens is 3. The minimum Gasteiger partial charge on any atom is -0.486 e. The van der Waals surface area contributed by atoms with Crippen LogP contribution in [0, 0.1) is 0 Å². The summed E-state index contributed by atoms with van der Waals surface area (Å²) in [7, 11) is 0. The topological polar surface area (TPSA) is 61.2 Å². The molecule has 2 aliphatic rings. The van der Waals surface area contributed by atoms with Crippen LogP contribution in [-0.2, 0) is 13.1 Å². The summed E-state index contributed by atoms with van der Waals surface area (Å²) in [5, 5.41) is 11.8. The third kappa shape index (κ3) is 1.67. The van der Waals surface area contributed by atoms with Crippen molar-refractivity contribution in [3.05, 3.63) is 24.0 Å². The van der Waals surface area contributed by atoms with Crippen LogP contribution < -0.4 is 14.8 Å². The van der Waals surface area contributed by atoms with E-state index >= 15 is 0 Å². The predicted octanol–water partition coefficient (Wildman–Crippen LogP) is 0.819. The second-order valence-corrected chi connectivity index (χ2v) is 4.60. The summed E-state index contributed by atoms with van der Waals surface area (Å²) in [5.74, 6) is 3.40. The standard InChI is InChI=1S/C13H14N4O2/c1-2-9(12-10(3-1)18-6-7-19-12)13-16-15-11-8-14-4-5-17(11)13/h1-3,14H,4-8H2. The highest BCUT2D eigenvalue weighted by atomic mass is 16.6. The molecule has 4 rings (SSSR count). The van der Waals surface area contributed by atoms with E-state index in [4.69, 9.17) is 9.47 Å². The van der Waals surface area contributed by atoms with Gasteiger partial charge in [0.2, 0.25) is 0 Å². The summed E-state index contributed by atoms with van der Waals surface area (Å²) < 4.78 is 13.5. The first-order valence-corrected chi connectivity index (χ1v) is 6.45. The molecule has 2 aromatic rings. The Bertz CT molecular complexity index is 623. The summed E-state index contributed by atoms with van der Waals surface area (Å²) in [6.07, 6.45) is 0. The zero-order valence-corrected chi connectivity index (χ0v) is 10.4. The lowest BCUT2D eigenvalue weighted by Crippen LogP contribution is -2.28. The molecule has 19 heavy (non-hydrogen) atoms. The fourth-order valence-electron chi connectivity index (χ4n) is 2.54. The highest BCUT2D eigenvalue weighted by Gasteiger charge is 2.23. The van der Waals surface area contributed by atoms with E-state index in [-0.39, 0.29) is 0 Å². The Morgan fingerprint density at radius 3 is 3.11 bits per heavy atom. The highest BCUT2D eigenvalue weighted by molar-refractivity contribution is 5.69. The Morgan fingerprint density at radius 1 is 1.16 bits per heavy atom. The van der Waals surface area contributed by atoms with E-state index in [2.05, 4.69) is 20.1 Å². The lowest BCUT2D eigenvalue weighted by molar-refractivity contribution is 0.172. The van der Waals surface area contributed by atoms with Gasteiger partial charge in [-0.3, -0.25) is 0 Å². The summed E-state index contributed by atoms with van der Waals surface area (Å²) in [6, 6.07) is 5.89. The minimum atomic E-state index is 0.576. The number of benzene rings is 1. The number of nitrogens with one attached hydrogen (secondary N) is 1. The molecule has 1 aromatic heterocycles. The van der Waals surface area contributed by atoms with Crippen molar-refractivity contribution in [1.82, 2.24) is 20.1 Å². The number of para-hydroxylation sites is 1. The summed E-state index contributed by atoms with van der Waals surface area (Å²) >= 11 is 0. The molecular weight excluding hydrogens is 244 g/mol. The number of hydrogen-bond acceptors (Lipinski definition) is 5. The molecular formula is C13H14N4O2. The van der Waals surface area contributed by atoms with E-state index in [9.17, 15) is 0 Å². The zero-order chi connectivity index (χ0) is 12.7. The number of rotatable bonds is 1. The average molecular weight is 258 g/mol. The van der Waals surface area contributed by atoms with Crippen LogP contribution in [-0.4, -0.2) is 34.5 Å². The maximum atomic E-state index is 5.75. The molecule has 98 valence electrons. The van der Waals surface area contributed by atoms with Crippen molar-refractivity contribution >= 4 is 0 Å². The Labute approximate surface area is 110 Å². The molecule has 6 nitrogen and oxygen atoms in total. The molecule has 0 saturated heterocycles. The maximum Gasteiger partial charge on any atom is 0.172 e. The van der Waals surface area contributed by atoms with Gasteiger partial charge in [0.05, 0.1) is 12.1 Å². The quantitative estimate of drug-likeness (QED) is 0.820. The molecule has 6 heteroatoms. The number of fused-ring (bicyclic) bond motifs is 2. The molecule has 2 aliphatic heterocycles. The molecule has 0 fully saturated rings. The van der Waals surface area contributed by atoms with E-state index in [0.717, 1.165) is 48.3 Å². The van der Waals surface area contributed by atoms with Crippen LogP contribution in [0.4, 0.5) is 0 Å². The van der Waals surface area contributed by atoms with Gasteiger partial charge >= 0.3 is 0 Å². The van der Waals surface area contributed by atoms with Crippen molar-refractivity contribution in [3.63, 3.8) is 0 Å². The summed E-state index contributed by atoms with van der Waals surface area (Å²) in [4.78, 5) is 0. The molecule has 0 aliphatic carbocycles. The first-order chi connectivity index (χ1) is 9.43. The van der Waals surface area contributed by atoms with Crippen molar-refractivity contribution in [2.24, 2.45) is 0 Å². The van der Waals surface area contributed by atoms with Gasteiger partial charge in [0.15, 0.2) is 17.3 Å². The van der Waals surface area contributed by atoms with Crippen LogP contribution in [0.3, 0.4) is 0 Å². The van der Waals surface area contributed by atoms with Gasteiger partial charge in [-0.2, -0.15) is 0 Å². The van der Waals surface area contributed by atoms with E-state index in [1.807, 2.05) is 18.2 Å². The van der Waals surface area contributed by atoms with Crippen LogP contribution in [0.1, 0.15) is 5.82 Å². The van der Waals surface area contributed by atoms with E-state index in [1.165, 1.54) is 0 Å². The first kappa shape index (κ1) is 10.8. The first-order valence-electron chi connectivity index (χ1n) is 6.45. The SMILES string of the molecule is c1cc2c(c(-c3nnc4n3CCNC4)c1)OCCO2. The number of nitrogens with zero attached hydrogens (tertiary/aromatic N) is 3. The Morgan fingerprint density at radius 2 is 2.11 bits per heavy atom. The van der Waals surface area contributed by atoms with Crippen LogP contribution in [0.2, 0.25) is 0 Å². The van der Waals surface area contributed by atoms with Crippen LogP contribution in [0.15, 0.2) is 18.2 Å². The van der Waals surface area contributed by atoms with Crippen molar-refractivity contribution in [1.29, 1.82) is 0 Å². The number of hydrogen-bond donors (Lipinski definition) is 1. The Hall–Kier alpha value is -2.08. The van der Waals surface area contributed by atoms with Crippen molar-refractivity contribution < 1.29 is 9.47 Å². The number of ether oxygens (including phenoxy) is 2. The van der Waals surface area contributed by atoms with Crippen LogP contribution in [0.25, 0.3) is 11.4 Å². The van der Waals surface area contributed by atoms with Crippen molar-refractivity contribution in [2.45, 2.75) is 13.1 Å². The van der Waals surface area contributed by atoms with Gasteiger partial charge < -0.3 is 19.4 Å². The lowest BCUT2D eigenvalue weighted by atomic mass is 10.1. The monoisotopic (exact) mass is 258 g/mol. The minimum absolute atomic E-state index is 0.576. The van der Waals surface area contributed by atoms with Crippen molar-refractivity contribution in [2.75, 3.05) is 19.8 Å². The molecule has 0 unspecified atom stereocenters. The third-order valence-electron chi connectivity index (χ3n) is 3.43. The fourth-order valence-corrected chi connectivity index (χ4v) is 2.54. The molecule has 0 radical (unpaired) electrons. The molecule has 1 aromatic carbocycles. The van der Waals surface area contributed by atoms with E-state index in [1.54, 1.807) is 0 Å². The van der Waals surface area contributed by atoms with Crippen molar-refractivity contribution in [3.8, 4) is 22.9 Å². The Kier molecular flexibility index (Phi) is 2.41. The summed E-state index contributed by atoms with van der Waals surface area (Å²) in [6.45, 7) is 3.75. The van der Waals surface area contributed by atoms with E-state index < -0.39 is 0 Å². The fraction of sp³-hybridized carbons (Fsp3) is 0.385. The van der Waals surface area contributed by atoms with Gasteiger partial charge in [-0.15, -0.1) is 10.2 Å². The maximum absolute atomic E-state index is 5.75. The largest absolute Gasteiger partial charge is 0.486 e. The predicted molar refractivity (Wildman–Crippen MR) is 68.2 cm³/mol. The second kappa shape index (κ2) is 4.24. The zero-order valence-electron chi connectivity index (χ0n) is 10.4. The lowest BCUT2D eigenvalue weighted by Gasteiger charge is -2.21. The average Bonchev–Trinajstić information content (AvgIpc) is 2.90. The molecule has 0 spiro atoms. The second-order valence-electron chi connectivity index (χ2n) is 4.60. The smallest absolute Gasteiger partial charge is 0.172 e. The van der Waals surface area contributed by atoms with Gasteiger partial charge in [-0.25, -0.2) is 0 Å². The molecule has 1 N–H and O–H groups in total. The third-order valence-corrected chi connectivity index (χ3v) is 3.43. The normalized spacial score (nSPS) is 17.1. The molecule has 3 heterocycles. The summed E-state index contributed by atoms with van der Waals surface area (Å²) in [5.41, 5.74) is 0.956. The van der Waals surface area contributed by atoms with E-state index in [0.29, 0.717) is 13.2 Å². The molecule has 0 bridgehead atoms.